The molecule has 0 saturated carbocycles. The highest BCUT2D eigenvalue weighted by Crippen LogP contribution is 2.22. The summed E-state index contributed by atoms with van der Waals surface area (Å²) in [5, 5.41) is 0. The Balaban J connectivity index is 2.12. The van der Waals surface area contributed by atoms with Crippen LogP contribution in [0.25, 0.3) is 0 Å². The first-order valence-corrected chi connectivity index (χ1v) is 6.08. The molecule has 1 aliphatic rings. The highest BCUT2D eigenvalue weighted by molar-refractivity contribution is 5.40. The molecule has 0 amide bonds. The first kappa shape index (κ1) is 12.3. The largest absolute Gasteiger partial charge is 0.372 e. The van der Waals surface area contributed by atoms with E-state index in [1.807, 2.05) is 19.2 Å². The van der Waals surface area contributed by atoms with Crippen LogP contribution in [0.4, 0.5) is 5.82 Å². The lowest BCUT2D eigenvalue weighted by Gasteiger charge is -2.38. The molecular weight excluding hydrogens is 214 g/mol. The van der Waals surface area contributed by atoms with Gasteiger partial charge in [-0.15, -0.1) is 0 Å². The molecular formula is C13H21N3O. The summed E-state index contributed by atoms with van der Waals surface area (Å²) in [7, 11) is 0. The molecule has 17 heavy (non-hydrogen) atoms. The lowest BCUT2D eigenvalue weighted by molar-refractivity contribution is -0.0279. The molecule has 4 heteroatoms. The monoisotopic (exact) mass is 235 g/mol. The summed E-state index contributed by atoms with van der Waals surface area (Å²) < 4.78 is 5.69. The number of nitrogens with zero attached hydrogens (tertiary/aromatic N) is 2. The Kier molecular flexibility index (Phi) is 3.35. The Labute approximate surface area is 103 Å². The highest BCUT2D eigenvalue weighted by atomic mass is 16.5. The third kappa shape index (κ3) is 2.96. The first-order valence-electron chi connectivity index (χ1n) is 6.08. The maximum Gasteiger partial charge on any atom is 0.128 e. The quantitative estimate of drug-likeness (QED) is 0.848. The van der Waals surface area contributed by atoms with E-state index in [-0.39, 0.29) is 11.6 Å². The molecule has 1 aliphatic heterocycles. The number of aromatic nitrogens is 1. The average Bonchev–Trinajstić information content (AvgIpc) is 2.28. The molecule has 1 aromatic heterocycles. The van der Waals surface area contributed by atoms with Crippen molar-refractivity contribution < 1.29 is 4.74 Å². The van der Waals surface area contributed by atoms with Crippen LogP contribution in [0.5, 0.6) is 0 Å². The number of hydrogen-bond donors (Lipinski definition) is 1. The second kappa shape index (κ2) is 4.63. The van der Waals surface area contributed by atoms with E-state index < -0.39 is 0 Å². The van der Waals surface area contributed by atoms with Crippen LogP contribution in [0, 0.1) is 0 Å². The fourth-order valence-corrected chi connectivity index (χ4v) is 2.07. The molecule has 1 saturated heterocycles. The van der Waals surface area contributed by atoms with Gasteiger partial charge in [-0.3, -0.25) is 0 Å². The van der Waals surface area contributed by atoms with Gasteiger partial charge in [-0.25, -0.2) is 4.98 Å². The van der Waals surface area contributed by atoms with Crippen molar-refractivity contribution >= 4 is 5.82 Å². The number of anilines is 1. The van der Waals surface area contributed by atoms with Crippen LogP contribution in [-0.4, -0.2) is 30.3 Å². The van der Waals surface area contributed by atoms with E-state index >= 15 is 0 Å². The highest BCUT2D eigenvalue weighted by Gasteiger charge is 2.27. The smallest absolute Gasteiger partial charge is 0.128 e. The molecule has 0 bridgehead atoms. The number of nitrogens with two attached hydrogens (primary N) is 1. The van der Waals surface area contributed by atoms with Crippen LogP contribution < -0.4 is 10.6 Å². The first-order chi connectivity index (χ1) is 7.98. The van der Waals surface area contributed by atoms with Crippen LogP contribution in [0.3, 0.4) is 0 Å². The molecule has 2 heterocycles. The van der Waals surface area contributed by atoms with Crippen molar-refractivity contribution in [2.45, 2.75) is 32.4 Å². The molecule has 2 N–H and O–H groups in total. The summed E-state index contributed by atoms with van der Waals surface area (Å²) in [6, 6.07) is 4.13. The topological polar surface area (TPSA) is 51.4 Å². The molecule has 1 atom stereocenters. The van der Waals surface area contributed by atoms with Crippen molar-refractivity contribution in [3.8, 4) is 0 Å². The van der Waals surface area contributed by atoms with Crippen LogP contribution in [-0.2, 0) is 4.74 Å². The van der Waals surface area contributed by atoms with E-state index in [2.05, 4.69) is 29.8 Å². The molecule has 0 aromatic carbocycles. The number of ether oxygens (including phenoxy) is 1. The summed E-state index contributed by atoms with van der Waals surface area (Å²) in [5.41, 5.74) is 6.78. The van der Waals surface area contributed by atoms with Gasteiger partial charge in [0.1, 0.15) is 5.82 Å². The Morgan fingerprint density at radius 2 is 2.24 bits per heavy atom. The number of morpholine rings is 1. The van der Waals surface area contributed by atoms with E-state index in [4.69, 9.17) is 10.5 Å². The minimum absolute atomic E-state index is 0.0395. The van der Waals surface area contributed by atoms with Crippen LogP contribution in [0.2, 0.25) is 0 Å². The fraction of sp³-hybridized carbons (Fsp3) is 0.615. The van der Waals surface area contributed by atoms with Gasteiger partial charge in [0.15, 0.2) is 0 Å². The molecule has 0 spiro atoms. The molecule has 1 aromatic rings. The fourth-order valence-electron chi connectivity index (χ4n) is 2.07. The summed E-state index contributed by atoms with van der Waals surface area (Å²) in [5.74, 6) is 1.01. The summed E-state index contributed by atoms with van der Waals surface area (Å²) in [4.78, 5) is 6.74. The standard InChI is InChI=1S/C13H21N3O/c1-10(14)11-4-5-12(15-8-11)16-6-7-17-13(2,3)9-16/h4-5,8,10H,6-7,9,14H2,1-3H3/t10-/m0/s1. The lowest BCUT2D eigenvalue weighted by Crippen LogP contribution is -2.48. The third-order valence-electron chi connectivity index (χ3n) is 3.05. The second-order valence-electron chi connectivity index (χ2n) is 5.27. The molecule has 0 aliphatic carbocycles. The predicted molar refractivity (Wildman–Crippen MR) is 69.1 cm³/mol. The van der Waals surface area contributed by atoms with Gasteiger partial charge >= 0.3 is 0 Å². The van der Waals surface area contributed by atoms with Crippen molar-refractivity contribution in [1.82, 2.24) is 4.98 Å². The predicted octanol–water partition coefficient (Wildman–Crippen LogP) is 1.72. The lowest BCUT2D eigenvalue weighted by atomic mass is 10.1. The van der Waals surface area contributed by atoms with Gasteiger partial charge < -0.3 is 15.4 Å². The summed E-state index contributed by atoms with van der Waals surface area (Å²) >= 11 is 0. The second-order valence-corrected chi connectivity index (χ2v) is 5.27. The van der Waals surface area contributed by atoms with Gasteiger partial charge in [-0.2, -0.15) is 0 Å². The van der Waals surface area contributed by atoms with Crippen molar-refractivity contribution in [3.05, 3.63) is 23.9 Å². The zero-order valence-corrected chi connectivity index (χ0v) is 10.8. The zero-order chi connectivity index (χ0) is 12.5. The summed E-state index contributed by atoms with van der Waals surface area (Å²) in [6.07, 6.45) is 1.86. The number of pyridine rings is 1. The maximum absolute atomic E-state index is 5.81. The van der Waals surface area contributed by atoms with Crippen molar-refractivity contribution in [1.29, 1.82) is 0 Å². The molecule has 4 nitrogen and oxygen atoms in total. The minimum Gasteiger partial charge on any atom is -0.372 e. The SMILES string of the molecule is C[C@H](N)c1ccc(N2CCOC(C)(C)C2)nc1. The van der Waals surface area contributed by atoms with Gasteiger partial charge in [-0.05, 0) is 32.4 Å². The van der Waals surface area contributed by atoms with E-state index in [1.54, 1.807) is 0 Å². The van der Waals surface area contributed by atoms with Crippen molar-refractivity contribution in [2.24, 2.45) is 5.73 Å². The third-order valence-corrected chi connectivity index (χ3v) is 3.05. The Hall–Kier alpha value is -1.13. The summed E-state index contributed by atoms with van der Waals surface area (Å²) in [6.45, 7) is 8.70. The van der Waals surface area contributed by atoms with Crippen LogP contribution in [0.1, 0.15) is 32.4 Å². The average molecular weight is 235 g/mol. The molecule has 94 valence electrons. The van der Waals surface area contributed by atoms with E-state index in [9.17, 15) is 0 Å². The Morgan fingerprint density at radius 3 is 2.76 bits per heavy atom. The zero-order valence-electron chi connectivity index (χ0n) is 10.8. The Bertz CT molecular complexity index is 373. The van der Waals surface area contributed by atoms with E-state index in [0.29, 0.717) is 0 Å². The van der Waals surface area contributed by atoms with Crippen LogP contribution in [0.15, 0.2) is 18.3 Å². The normalized spacial score (nSPS) is 21.3. The molecule has 0 radical (unpaired) electrons. The van der Waals surface area contributed by atoms with Crippen molar-refractivity contribution in [2.75, 3.05) is 24.6 Å². The van der Waals surface area contributed by atoms with Crippen molar-refractivity contribution in [3.63, 3.8) is 0 Å². The van der Waals surface area contributed by atoms with Gasteiger partial charge in [-0.1, -0.05) is 6.07 Å². The van der Waals surface area contributed by atoms with E-state index in [1.165, 1.54) is 0 Å². The maximum atomic E-state index is 5.81. The van der Waals surface area contributed by atoms with Gasteiger partial charge in [0.2, 0.25) is 0 Å². The molecule has 1 fully saturated rings. The number of rotatable bonds is 2. The Morgan fingerprint density at radius 1 is 1.47 bits per heavy atom. The van der Waals surface area contributed by atoms with Gasteiger partial charge in [0, 0.05) is 25.3 Å². The van der Waals surface area contributed by atoms with Gasteiger partial charge in [0.05, 0.1) is 12.2 Å². The van der Waals surface area contributed by atoms with Gasteiger partial charge in [0.25, 0.3) is 0 Å². The molecule has 0 unspecified atom stereocenters. The van der Waals surface area contributed by atoms with E-state index in [0.717, 1.165) is 31.1 Å². The van der Waals surface area contributed by atoms with Crippen LogP contribution >= 0.6 is 0 Å². The molecule has 2 rings (SSSR count). The minimum atomic E-state index is -0.0975. The number of hydrogen-bond acceptors (Lipinski definition) is 4.